The molecule has 1 atom stereocenters. The van der Waals surface area contributed by atoms with Gasteiger partial charge in [-0.2, -0.15) is 0 Å². The van der Waals surface area contributed by atoms with Gasteiger partial charge >= 0.3 is 0 Å². The first-order valence-corrected chi connectivity index (χ1v) is 6.84. The standard InChI is InChI=1S/C13H12ClNOS/c14-12-8-11(15)6-7-13(12)17(16)9-10-4-2-1-3-5-10/h1-8H,9,15H2. The molecule has 0 aliphatic carbocycles. The summed E-state index contributed by atoms with van der Waals surface area (Å²) in [6.45, 7) is 0. The van der Waals surface area contributed by atoms with Gasteiger partial charge in [-0.1, -0.05) is 41.9 Å². The summed E-state index contributed by atoms with van der Waals surface area (Å²) in [5.41, 5.74) is 7.20. The number of nitrogens with two attached hydrogens (primary N) is 1. The van der Waals surface area contributed by atoms with Crippen molar-refractivity contribution < 1.29 is 4.21 Å². The number of nitrogen functional groups attached to an aromatic ring is 1. The lowest BCUT2D eigenvalue weighted by Crippen LogP contribution is -1.98. The van der Waals surface area contributed by atoms with Gasteiger partial charge in [-0.3, -0.25) is 4.21 Å². The molecule has 0 aliphatic heterocycles. The lowest BCUT2D eigenvalue weighted by Gasteiger charge is -2.05. The molecule has 2 rings (SSSR count). The highest BCUT2D eigenvalue weighted by molar-refractivity contribution is 7.84. The molecule has 1 unspecified atom stereocenters. The van der Waals surface area contributed by atoms with Crippen LogP contribution in [0.2, 0.25) is 5.02 Å². The molecule has 0 fully saturated rings. The van der Waals surface area contributed by atoms with Crippen LogP contribution in [0.25, 0.3) is 0 Å². The number of benzene rings is 2. The number of hydrogen-bond acceptors (Lipinski definition) is 2. The first-order valence-electron chi connectivity index (χ1n) is 5.14. The van der Waals surface area contributed by atoms with Crippen LogP contribution in [0.4, 0.5) is 5.69 Å². The van der Waals surface area contributed by atoms with Gasteiger partial charge in [0.1, 0.15) is 0 Å². The van der Waals surface area contributed by atoms with Gasteiger partial charge in [0, 0.05) is 5.69 Å². The van der Waals surface area contributed by atoms with Crippen LogP contribution in [0.5, 0.6) is 0 Å². The Morgan fingerprint density at radius 2 is 1.82 bits per heavy atom. The van der Waals surface area contributed by atoms with Crippen molar-refractivity contribution in [3.63, 3.8) is 0 Å². The highest BCUT2D eigenvalue weighted by Crippen LogP contribution is 2.24. The monoisotopic (exact) mass is 265 g/mol. The second-order valence-electron chi connectivity index (χ2n) is 3.67. The van der Waals surface area contributed by atoms with Crippen molar-refractivity contribution in [1.82, 2.24) is 0 Å². The van der Waals surface area contributed by atoms with E-state index in [0.717, 1.165) is 5.56 Å². The molecule has 0 heterocycles. The minimum absolute atomic E-state index is 0.458. The fraction of sp³-hybridized carbons (Fsp3) is 0.0769. The van der Waals surface area contributed by atoms with Gasteiger partial charge in [0.25, 0.3) is 0 Å². The van der Waals surface area contributed by atoms with Crippen LogP contribution >= 0.6 is 11.6 Å². The largest absolute Gasteiger partial charge is 0.399 e. The average molecular weight is 266 g/mol. The molecule has 0 spiro atoms. The Hall–Kier alpha value is -1.32. The topological polar surface area (TPSA) is 43.1 Å². The normalized spacial score (nSPS) is 12.3. The second-order valence-corrected chi connectivity index (χ2v) is 5.49. The van der Waals surface area contributed by atoms with E-state index in [0.29, 0.717) is 21.4 Å². The molecule has 0 bridgehead atoms. The lowest BCUT2D eigenvalue weighted by molar-refractivity contribution is 0.682. The van der Waals surface area contributed by atoms with Gasteiger partial charge in [0.15, 0.2) is 0 Å². The van der Waals surface area contributed by atoms with Gasteiger partial charge in [-0.15, -0.1) is 0 Å². The summed E-state index contributed by atoms with van der Waals surface area (Å²) in [4.78, 5) is 0.629. The Morgan fingerprint density at radius 1 is 1.12 bits per heavy atom. The predicted octanol–water partition coefficient (Wildman–Crippen LogP) is 3.23. The van der Waals surface area contributed by atoms with Gasteiger partial charge in [-0.25, -0.2) is 0 Å². The van der Waals surface area contributed by atoms with Crippen molar-refractivity contribution >= 4 is 28.1 Å². The minimum atomic E-state index is -1.14. The van der Waals surface area contributed by atoms with Crippen LogP contribution in [0, 0.1) is 0 Å². The Kier molecular flexibility index (Phi) is 3.82. The maximum Gasteiger partial charge on any atom is 0.0589 e. The first kappa shape index (κ1) is 12.1. The maximum atomic E-state index is 12.1. The summed E-state index contributed by atoms with van der Waals surface area (Å²) in [6, 6.07) is 14.7. The molecule has 88 valence electrons. The van der Waals surface area contributed by atoms with Crippen molar-refractivity contribution in [3.05, 3.63) is 59.1 Å². The molecule has 0 radical (unpaired) electrons. The molecule has 0 aliphatic rings. The molecule has 2 aromatic carbocycles. The van der Waals surface area contributed by atoms with E-state index in [4.69, 9.17) is 17.3 Å². The molecule has 2 nitrogen and oxygen atoms in total. The van der Waals surface area contributed by atoms with E-state index >= 15 is 0 Å². The third-order valence-electron chi connectivity index (χ3n) is 2.34. The molecular formula is C13H12ClNOS. The lowest BCUT2D eigenvalue weighted by atomic mass is 10.2. The van der Waals surface area contributed by atoms with Crippen molar-refractivity contribution in [1.29, 1.82) is 0 Å². The van der Waals surface area contributed by atoms with E-state index in [9.17, 15) is 4.21 Å². The molecule has 0 amide bonds. The predicted molar refractivity (Wildman–Crippen MR) is 72.4 cm³/mol. The summed E-state index contributed by atoms with van der Waals surface area (Å²) in [6.07, 6.45) is 0. The van der Waals surface area contributed by atoms with Gasteiger partial charge in [-0.05, 0) is 23.8 Å². The van der Waals surface area contributed by atoms with E-state index in [1.165, 1.54) is 0 Å². The zero-order valence-electron chi connectivity index (χ0n) is 9.10. The number of anilines is 1. The van der Waals surface area contributed by atoms with E-state index in [2.05, 4.69) is 0 Å². The van der Waals surface area contributed by atoms with Crippen LogP contribution in [-0.4, -0.2) is 4.21 Å². The maximum absolute atomic E-state index is 12.1. The fourth-order valence-electron chi connectivity index (χ4n) is 1.51. The van der Waals surface area contributed by atoms with Crippen LogP contribution in [0.15, 0.2) is 53.4 Å². The number of halogens is 1. The molecule has 0 saturated heterocycles. The number of hydrogen-bond donors (Lipinski definition) is 1. The zero-order valence-corrected chi connectivity index (χ0v) is 10.7. The first-order chi connectivity index (χ1) is 8.16. The van der Waals surface area contributed by atoms with Crippen LogP contribution < -0.4 is 5.73 Å². The van der Waals surface area contributed by atoms with Gasteiger partial charge < -0.3 is 5.73 Å². The summed E-state index contributed by atoms with van der Waals surface area (Å²) in [7, 11) is -1.14. The molecule has 0 aromatic heterocycles. The van der Waals surface area contributed by atoms with Crippen molar-refractivity contribution in [2.24, 2.45) is 0 Å². The second kappa shape index (κ2) is 5.34. The summed E-state index contributed by atoms with van der Waals surface area (Å²) in [5.74, 6) is 0.463. The van der Waals surface area contributed by atoms with E-state index in [1.807, 2.05) is 30.3 Å². The minimum Gasteiger partial charge on any atom is -0.399 e. The van der Waals surface area contributed by atoms with Crippen LogP contribution in [-0.2, 0) is 16.6 Å². The van der Waals surface area contributed by atoms with Crippen molar-refractivity contribution in [3.8, 4) is 0 Å². The molecular weight excluding hydrogens is 254 g/mol. The van der Waals surface area contributed by atoms with Crippen LogP contribution in [0.1, 0.15) is 5.56 Å². The Balaban J connectivity index is 2.21. The molecule has 0 saturated carbocycles. The highest BCUT2D eigenvalue weighted by atomic mass is 35.5. The third-order valence-corrected chi connectivity index (χ3v) is 4.21. The zero-order chi connectivity index (χ0) is 12.3. The van der Waals surface area contributed by atoms with Gasteiger partial charge in [0.2, 0.25) is 0 Å². The average Bonchev–Trinajstić information content (AvgIpc) is 2.30. The van der Waals surface area contributed by atoms with Gasteiger partial charge in [0.05, 0.1) is 26.5 Å². The fourth-order valence-corrected chi connectivity index (χ4v) is 3.10. The SMILES string of the molecule is Nc1ccc(S(=O)Cc2ccccc2)c(Cl)c1. The smallest absolute Gasteiger partial charge is 0.0589 e. The molecule has 2 aromatic rings. The Bertz CT molecular complexity index is 542. The van der Waals surface area contributed by atoms with E-state index in [-0.39, 0.29) is 0 Å². The highest BCUT2D eigenvalue weighted by Gasteiger charge is 2.09. The van der Waals surface area contributed by atoms with E-state index in [1.54, 1.807) is 18.2 Å². The van der Waals surface area contributed by atoms with E-state index < -0.39 is 10.8 Å². The molecule has 17 heavy (non-hydrogen) atoms. The van der Waals surface area contributed by atoms with Crippen molar-refractivity contribution in [2.75, 3.05) is 5.73 Å². The Labute approximate surface area is 108 Å². The quantitative estimate of drug-likeness (QED) is 0.866. The van der Waals surface area contributed by atoms with Crippen LogP contribution in [0.3, 0.4) is 0 Å². The summed E-state index contributed by atoms with van der Waals surface area (Å²) >= 11 is 6.02. The Morgan fingerprint density at radius 3 is 2.47 bits per heavy atom. The third kappa shape index (κ3) is 3.08. The molecule has 4 heteroatoms. The number of rotatable bonds is 3. The summed E-state index contributed by atoms with van der Waals surface area (Å²) < 4.78 is 12.1. The molecule has 2 N–H and O–H groups in total. The van der Waals surface area contributed by atoms with Crippen molar-refractivity contribution in [2.45, 2.75) is 10.6 Å². The summed E-state index contributed by atoms with van der Waals surface area (Å²) in [5, 5.41) is 0.458.